The van der Waals surface area contributed by atoms with Crippen LogP contribution in [0.15, 0.2) is 41.3 Å². The fraction of sp³-hybridized carbons (Fsp3) is 0.385. The van der Waals surface area contributed by atoms with E-state index >= 15 is 0 Å². The molecule has 1 rings (SSSR count). The Morgan fingerprint density at radius 3 is 2.28 bits per heavy atom. The molecule has 0 unspecified atom stereocenters. The van der Waals surface area contributed by atoms with Crippen molar-refractivity contribution in [3.05, 3.63) is 36.4 Å². The minimum Gasteiger partial charge on any atom is -0.497 e. The lowest BCUT2D eigenvalue weighted by Crippen LogP contribution is -2.32. The zero-order valence-electron chi connectivity index (χ0n) is 11.0. The third-order valence-electron chi connectivity index (χ3n) is 2.50. The van der Waals surface area contributed by atoms with E-state index in [1.807, 2.05) is 13.8 Å². The second kappa shape index (κ2) is 6.02. The molecule has 0 saturated carbocycles. The number of rotatable bonds is 6. The van der Waals surface area contributed by atoms with Crippen LogP contribution < -0.4 is 4.74 Å². The van der Waals surface area contributed by atoms with Crippen molar-refractivity contribution in [3.8, 4) is 5.75 Å². The molecule has 0 heterocycles. The van der Waals surface area contributed by atoms with E-state index in [4.69, 9.17) is 4.74 Å². The molecule has 0 aliphatic rings. The van der Waals surface area contributed by atoms with E-state index in [0.29, 0.717) is 18.8 Å². The van der Waals surface area contributed by atoms with Crippen molar-refractivity contribution in [2.24, 2.45) is 0 Å². The molecule has 0 radical (unpaired) electrons. The molecule has 100 valence electrons. The molecule has 0 atom stereocenters. The molecule has 0 spiro atoms. The van der Waals surface area contributed by atoms with Crippen LogP contribution in [0.4, 0.5) is 0 Å². The van der Waals surface area contributed by atoms with Gasteiger partial charge in [-0.15, -0.1) is 0 Å². The molecule has 0 aromatic heterocycles. The second-order valence-corrected chi connectivity index (χ2v) is 6.00. The summed E-state index contributed by atoms with van der Waals surface area (Å²) in [5.41, 5.74) is 0.814. The van der Waals surface area contributed by atoms with Crippen LogP contribution in [0.3, 0.4) is 0 Å². The minimum absolute atomic E-state index is 0.270. The third-order valence-corrected chi connectivity index (χ3v) is 4.43. The zero-order chi connectivity index (χ0) is 13.8. The van der Waals surface area contributed by atoms with Gasteiger partial charge < -0.3 is 4.74 Å². The molecule has 0 amide bonds. The Morgan fingerprint density at radius 2 is 1.89 bits per heavy atom. The van der Waals surface area contributed by atoms with Gasteiger partial charge in [-0.05, 0) is 31.2 Å². The quantitative estimate of drug-likeness (QED) is 0.744. The van der Waals surface area contributed by atoms with Gasteiger partial charge in [-0.2, -0.15) is 4.31 Å². The Kier molecular flexibility index (Phi) is 4.93. The maximum absolute atomic E-state index is 12.3. The number of benzene rings is 1. The van der Waals surface area contributed by atoms with Crippen LogP contribution in [-0.4, -0.2) is 32.9 Å². The second-order valence-electron chi connectivity index (χ2n) is 4.06. The van der Waals surface area contributed by atoms with Gasteiger partial charge in [-0.1, -0.05) is 19.1 Å². The summed E-state index contributed by atoms with van der Waals surface area (Å²) in [6.45, 7) is 8.13. The molecule has 4 nitrogen and oxygen atoms in total. The monoisotopic (exact) mass is 269 g/mol. The van der Waals surface area contributed by atoms with Crippen LogP contribution in [0.25, 0.3) is 0 Å². The van der Waals surface area contributed by atoms with Crippen LogP contribution >= 0.6 is 0 Å². The Hall–Kier alpha value is -1.33. The third kappa shape index (κ3) is 3.34. The minimum atomic E-state index is -3.45. The Bertz CT molecular complexity index is 506. The van der Waals surface area contributed by atoms with E-state index in [1.54, 1.807) is 31.4 Å². The fourth-order valence-corrected chi connectivity index (χ4v) is 3.07. The number of likely N-dealkylation sites (N-methyl/N-ethyl adjacent to an activating group) is 1. The highest BCUT2D eigenvalue weighted by Crippen LogP contribution is 2.19. The van der Waals surface area contributed by atoms with Gasteiger partial charge in [-0.3, -0.25) is 0 Å². The van der Waals surface area contributed by atoms with E-state index in [0.717, 1.165) is 5.57 Å². The van der Waals surface area contributed by atoms with Gasteiger partial charge in [0.25, 0.3) is 0 Å². The topological polar surface area (TPSA) is 46.6 Å². The van der Waals surface area contributed by atoms with Crippen molar-refractivity contribution >= 4 is 10.0 Å². The average molecular weight is 269 g/mol. The van der Waals surface area contributed by atoms with E-state index in [1.165, 1.54) is 4.31 Å². The van der Waals surface area contributed by atoms with Gasteiger partial charge in [0.05, 0.1) is 12.0 Å². The smallest absolute Gasteiger partial charge is 0.243 e. The molecule has 0 N–H and O–H groups in total. The summed E-state index contributed by atoms with van der Waals surface area (Å²) in [6.07, 6.45) is 0. The highest BCUT2D eigenvalue weighted by Gasteiger charge is 2.22. The summed E-state index contributed by atoms with van der Waals surface area (Å²) in [5, 5.41) is 0. The molecule has 1 aromatic carbocycles. The van der Waals surface area contributed by atoms with Gasteiger partial charge in [-0.25, -0.2) is 8.42 Å². The highest BCUT2D eigenvalue weighted by molar-refractivity contribution is 7.89. The number of ether oxygens (including phenoxy) is 1. The summed E-state index contributed by atoms with van der Waals surface area (Å²) in [7, 11) is -1.91. The fourth-order valence-electron chi connectivity index (χ4n) is 1.56. The first-order valence-corrected chi connectivity index (χ1v) is 7.14. The van der Waals surface area contributed by atoms with Gasteiger partial charge in [0.1, 0.15) is 5.75 Å². The summed E-state index contributed by atoms with van der Waals surface area (Å²) < 4.78 is 31.1. The first-order valence-electron chi connectivity index (χ1n) is 5.70. The van der Waals surface area contributed by atoms with E-state index in [9.17, 15) is 8.42 Å². The van der Waals surface area contributed by atoms with Gasteiger partial charge in [0, 0.05) is 13.1 Å². The molecule has 0 aliphatic carbocycles. The standard InChI is InChI=1S/C13H19NO3S/c1-5-14(10-11(2)3)18(15,16)13-8-6-12(17-4)7-9-13/h6-9H,2,5,10H2,1,3-4H3. The molecular formula is C13H19NO3S. The number of methoxy groups -OCH3 is 1. The van der Waals surface area contributed by atoms with Crippen LogP contribution in [0.5, 0.6) is 5.75 Å². The van der Waals surface area contributed by atoms with Crippen molar-refractivity contribution in [1.29, 1.82) is 0 Å². The first kappa shape index (κ1) is 14.7. The van der Waals surface area contributed by atoms with E-state index in [2.05, 4.69) is 6.58 Å². The molecule has 18 heavy (non-hydrogen) atoms. The predicted molar refractivity (Wildman–Crippen MR) is 72.2 cm³/mol. The zero-order valence-corrected chi connectivity index (χ0v) is 11.8. The summed E-state index contributed by atoms with van der Waals surface area (Å²) in [5.74, 6) is 0.636. The SMILES string of the molecule is C=C(C)CN(CC)S(=O)(=O)c1ccc(OC)cc1. The maximum atomic E-state index is 12.3. The Morgan fingerprint density at radius 1 is 1.33 bits per heavy atom. The van der Waals surface area contributed by atoms with Crippen LogP contribution in [0.2, 0.25) is 0 Å². The van der Waals surface area contributed by atoms with Crippen molar-refractivity contribution in [2.75, 3.05) is 20.2 Å². The number of nitrogens with zero attached hydrogens (tertiary/aromatic N) is 1. The number of hydrogen-bond donors (Lipinski definition) is 0. The van der Waals surface area contributed by atoms with Gasteiger partial charge >= 0.3 is 0 Å². The van der Waals surface area contributed by atoms with E-state index < -0.39 is 10.0 Å². The molecule has 0 aliphatic heterocycles. The molecule has 1 aromatic rings. The summed E-state index contributed by atoms with van der Waals surface area (Å²) >= 11 is 0. The first-order chi connectivity index (χ1) is 8.41. The lowest BCUT2D eigenvalue weighted by molar-refractivity contribution is 0.414. The summed E-state index contributed by atoms with van der Waals surface area (Å²) in [6, 6.07) is 6.38. The van der Waals surface area contributed by atoms with Crippen molar-refractivity contribution in [2.45, 2.75) is 18.7 Å². The molecular weight excluding hydrogens is 250 g/mol. The Labute approximate surface area is 109 Å². The van der Waals surface area contributed by atoms with Crippen molar-refractivity contribution in [3.63, 3.8) is 0 Å². The summed E-state index contributed by atoms with van der Waals surface area (Å²) in [4.78, 5) is 0.270. The number of sulfonamides is 1. The van der Waals surface area contributed by atoms with Gasteiger partial charge in [0.15, 0.2) is 0 Å². The molecule has 0 saturated heterocycles. The predicted octanol–water partition coefficient (Wildman–Crippen LogP) is 2.28. The lowest BCUT2D eigenvalue weighted by atomic mass is 10.3. The molecule has 0 bridgehead atoms. The van der Waals surface area contributed by atoms with E-state index in [-0.39, 0.29) is 4.90 Å². The lowest BCUT2D eigenvalue weighted by Gasteiger charge is -2.20. The normalized spacial score (nSPS) is 11.6. The van der Waals surface area contributed by atoms with Crippen molar-refractivity contribution < 1.29 is 13.2 Å². The molecule has 0 fully saturated rings. The average Bonchev–Trinajstić information content (AvgIpc) is 2.35. The largest absolute Gasteiger partial charge is 0.497 e. The molecule has 5 heteroatoms. The van der Waals surface area contributed by atoms with Crippen LogP contribution in [0.1, 0.15) is 13.8 Å². The Balaban J connectivity index is 3.06. The highest BCUT2D eigenvalue weighted by atomic mass is 32.2. The maximum Gasteiger partial charge on any atom is 0.243 e. The van der Waals surface area contributed by atoms with Gasteiger partial charge in [0.2, 0.25) is 10.0 Å². The van der Waals surface area contributed by atoms with Crippen LogP contribution in [0, 0.1) is 0 Å². The van der Waals surface area contributed by atoms with Crippen LogP contribution in [-0.2, 0) is 10.0 Å². The van der Waals surface area contributed by atoms with Crippen molar-refractivity contribution in [1.82, 2.24) is 4.31 Å². The number of hydrogen-bond acceptors (Lipinski definition) is 3.